The molecule has 0 fully saturated rings. The molecule has 0 aliphatic carbocycles. The highest BCUT2D eigenvalue weighted by molar-refractivity contribution is 7.92. The molecule has 0 radical (unpaired) electrons. The summed E-state index contributed by atoms with van der Waals surface area (Å²) < 4.78 is 25.1. The molecule has 0 aliphatic rings. The number of nitrogens with one attached hydrogen (secondary N) is 2. The van der Waals surface area contributed by atoms with Crippen molar-refractivity contribution in [2.75, 3.05) is 22.4 Å². The van der Waals surface area contributed by atoms with Crippen molar-refractivity contribution in [2.24, 2.45) is 0 Å². The van der Waals surface area contributed by atoms with E-state index in [0.29, 0.717) is 22.5 Å². The summed E-state index contributed by atoms with van der Waals surface area (Å²) >= 11 is 0. The topological polar surface area (TPSA) is 95.6 Å². The maximum atomic E-state index is 12.6. The second-order valence-corrected chi connectivity index (χ2v) is 9.91. The first kappa shape index (κ1) is 22.4. The molecule has 0 spiro atoms. The molecule has 0 aliphatic heterocycles. The Hall–Kier alpha value is -2.87. The van der Waals surface area contributed by atoms with Crippen LogP contribution in [-0.2, 0) is 10.0 Å². The van der Waals surface area contributed by atoms with E-state index in [1.54, 1.807) is 55.5 Å². The Morgan fingerprint density at radius 2 is 1.55 bits per heavy atom. The number of amides is 2. The van der Waals surface area contributed by atoms with E-state index < -0.39 is 21.5 Å². The minimum atomic E-state index is -3.37. The number of hydrogen-bond donors (Lipinski definition) is 2. The zero-order valence-corrected chi connectivity index (χ0v) is 18.1. The van der Waals surface area contributed by atoms with Crippen LogP contribution < -0.4 is 14.9 Å². The van der Waals surface area contributed by atoms with Crippen molar-refractivity contribution in [1.29, 1.82) is 0 Å². The Balaban J connectivity index is 2.20. The molecule has 8 heteroatoms. The number of carbonyl (C=O) groups excluding carboxylic acids is 2. The van der Waals surface area contributed by atoms with Gasteiger partial charge in [-0.05, 0) is 64.1 Å². The molecule has 0 unspecified atom stereocenters. The van der Waals surface area contributed by atoms with Gasteiger partial charge in [0.05, 0.1) is 22.7 Å². The van der Waals surface area contributed by atoms with Gasteiger partial charge in [0, 0.05) is 18.2 Å². The lowest BCUT2D eigenvalue weighted by molar-refractivity contribution is 0.0920. The predicted molar refractivity (Wildman–Crippen MR) is 116 cm³/mol. The van der Waals surface area contributed by atoms with Crippen LogP contribution in [0.2, 0.25) is 0 Å². The number of rotatable bonds is 6. The van der Waals surface area contributed by atoms with E-state index in [2.05, 4.69) is 10.6 Å². The number of sulfonamides is 1. The molecule has 0 saturated carbocycles. The second-order valence-electron chi connectivity index (χ2n) is 7.62. The van der Waals surface area contributed by atoms with E-state index in [9.17, 15) is 18.0 Å². The van der Waals surface area contributed by atoms with Gasteiger partial charge in [-0.25, -0.2) is 8.42 Å². The first-order valence-corrected chi connectivity index (χ1v) is 10.8. The van der Waals surface area contributed by atoms with E-state index in [-0.39, 0.29) is 11.7 Å². The smallest absolute Gasteiger partial charge is 0.255 e. The molecule has 2 N–H and O–H groups in total. The van der Waals surface area contributed by atoms with Crippen LogP contribution >= 0.6 is 0 Å². The molecule has 2 aromatic rings. The highest BCUT2D eigenvalue weighted by Gasteiger charge is 2.20. The summed E-state index contributed by atoms with van der Waals surface area (Å²) in [5.41, 5.74) is 1.17. The average Bonchev–Trinajstić information content (AvgIpc) is 2.66. The van der Waals surface area contributed by atoms with E-state index in [1.165, 1.54) is 11.4 Å². The number of hydrogen-bond acceptors (Lipinski definition) is 4. The van der Waals surface area contributed by atoms with Crippen LogP contribution in [0.15, 0.2) is 48.5 Å². The maximum absolute atomic E-state index is 12.6. The van der Waals surface area contributed by atoms with Gasteiger partial charge in [-0.1, -0.05) is 12.1 Å². The number of nitrogens with zero attached hydrogens (tertiary/aromatic N) is 1. The van der Waals surface area contributed by atoms with Gasteiger partial charge in [0.1, 0.15) is 0 Å². The van der Waals surface area contributed by atoms with Crippen LogP contribution in [0.5, 0.6) is 0 Å². The normalized spacial score (nSPS) is 11.6. The van der Waals surface area contributed by atoms with E-state index in [0.717, 1.165) is 0 Å². The van der Waals surface area contributed by atoms with Crippen LogP contribution in [0, 0.1) is 0 Å². The molecule has 2 aromatic carbocycles. The average molecular weight is 418 g/mol. The molecule has 2 rings (SSSR count). The second kappa shape index (κ2) is 8.65. The number of carbonyl (C=O) groups is 2. The van der Waals surface area contributed by atoms with Gasteiger partial charge in [0.15, 0.2) is 0 Å². The fraction of sp³-hybridized carbons (Fsp3) is 0.333. The molecular weight excluding hydrogens is 390 g/mol. The van der Waals surface area contributed by atoms with Gasteiger partial charge in [0.2, 0.25) is 10.0 Å². The van der Waals surface area contributed by atoms with Gasteiger partial charge in [-0.15, -0.1) is 0 Å². The van der Waals surface area contributed by atoms with Gasteiger partial charge in [-0.3, -0.25) is 13.9 Å². The lowest BCUT2D eigenvalue weighted by Crippen LogP contribution is -2.40. The van der Waals surface area contributed by atoms with Crippen molar-refractivity contribution < 1.29 is 18.0 Å². The van der Waals surface area contributed by atoms with Crippen LogP contribution in [0.25, 0.3) is 0 Å². The largest absolute Gasteiger partial charge is 0.347 e. The molecule has 156 valence electrons. The molecule has 0 bridgehead atoms. The number of anilines is 2. The fourth-order valence-corrected chi connectivity index (χ4v) is 3.40. The highest BCUT2D eigenvalue weighted by atomic mass is 32.2. The van der Waals surface area contributed by atoms with Crippen molar-refractivity contribution in [3.05, 3.63) is 59.7 Å². The molecule has 29 heavy (non-hydrogen) atoms. The standard InChI is InChI=1S/C21H27N3O4S/c1-6-29(27,28)24(5)16-13-11-15(12-14-16)19(25)22-18-10-8-7-9-17(18)20(26)23-21(2,3)4/h7-14H,6H2,1-5H3,(H,22,25)(H,23,26). The summed E-state index contributed by atoms with van der Waals surface area (Å²) in [4.78, 5) is 25.2. The first-order valence-electron chi connectivity index (χ1n) is 9.24. The summed E-state index contributed by atoms with van der Waals surface area (Å²) in [6, 6.07) is 13.0. The zero-order chi connectivity index (χ0) is 21.8. The Morgan fingerprint density at radius 3 is 2.10 bits per heavy atom. The summed E-state index contributed by atoms with van der Waals surface area (Å²) in [6.45, 7) is 7.21. The Labute approximate surface area is 172 Å². The SMILES string of the molecule is CCS(=O)(=O)N(C)c1ccc(C(=O)Nc2ccccc2C(=O)NC(C)(C)C)cc1. The van der Waals surface area contributed by atoms with Crippen molar-refractivity contribution in [3.8, 4) is 0 Å². The molecule has 2 amide bonds. The minimum Gasteiger partial charge on any atom is -0.347 e. The monoisotopic (exact) mass is 417 g/mol. The third-order valence-electron chi connectivity index (χ3n) is 4.18. The highest BCUT2D eigenvalue weighted by Crippen LogP contribution is 2.20. The first-order chi connectivity index (χ1) is 13.4. The lowest BCUT2D eigenvalue weighted by atomic mass is 10.1. The molecule has 7 nitrogen and oxygen atoms in total. The third kappa shape index (κ3) is 5.80. The van der Waals surface area contributed by atoms with Crippen molar-refractivity contribution >= 4 is 33.2 Å². The summed E-state index contributed by atoms with van der Waals surface area (Å²) in [5.74, 6) is -0.692. The van der Waals surface area contributed by atoms with Crippen LogP contribution in [-0.4, -0.2) is 38.6 Å². The predicted octanol–water partition coefficient (Wildman–Crippen LogP) is 3.25. The van der Waals surface area contributed by atoms with Gasteiger partial charge in [0.25, 0.3) is 11.8 Å². The molecule has 0 saturated heterocycles. The van der Waals surface area contributed by atoms with E-state index >= 15 is 0 Å². The number of benzene rings is 2. The van der Waals surface area contributed by atoms with Crippen LogP contribution in [0.1, 0.15) is 48.4 Å². The zero-order valence-electron chi connectivity index (χ0n) is 17.3. The Kier molecular flexibility index (Phi) is 6.69. The molecule has 0 atom stereocenters. The Morgan fingerprint density at radius 1 is 0.966 bits per heavy atom. The molecular formula is C21H27N3O4S. The van der Waals surface area contributed by atoms with Crippen LogP contribution in [0.3, 0.4) is 0 Å². The minimum absolute atomic E-state index is 0.0147. The lowest BCUT2D eigenvalue weighted by Gasteiger charge is -2.21. The Bertz CT molecular complexity index is 993. The fourth-order valence-electron chi connectivity index (χ4n) is 2.57. The molecule has 0 heterocycles. The molecule has 0 aromatic heterocycles. The number of para-hydroxylation sites is 1. The van der Waals surface area contributed by atoms with E-state index in [1.807, 2.05) is 20.8 Å². The van der Waals surface area contributed by atoms with Crippen molar-refractivity contribution in [2.45, 2.75) is 33.2 Å². The maximum Gasteiger partial charge on any atom is 0.255 e. The van der Waals surface area contributed by atoms with Crippen molar-refractivity contribution in [1.82, 2.24) is 5.32 Å². The summed E-state index contributed by atoms with van der Waals surface area (Å²) in [5, 5.41) is 5.63. The quantitative estimate of drug-likeness (QED) is 0.754. The van der Waals surface area contributed by atoms with Crippen LogP contribution in [0.4, 0.5) is 11.4 Å². The van der Waals surface area contributed by atoms with Gasteiger partial charge >= 0.3 is 0 Å². The van der Waals surface area contributed by atoms with Gasteiger partial charge < -0.3 is 10.6 Å². The van der Waals surface area contributed by atoms with Gasteiger partial charge in [-0.2, -0.15) is 0 Å². The summed E-state index contributed by atoms with van der Waals surface area (Å²) in [7, 11) is -1.90. The van der Waals surface area contributed by atoms with E-state index in [4.69, 9.17) is 0 Å². The van der Waals surface area contributed by atoms with Crippen molar-refractivity contribution in [3.63, 3.8) is 0 Å². The third-order valence-corrected chi connectivity index (χ3v) is 5.96. The summed E-state index contributed by atoms with van der Waals surface area (Å²) in [6.07, 6.45) is 0.